The summed E-state index contributed by atoms with van der Waals surface area (Å²) < 4.78 is 31.2. The third-order valence-corrected chi connectivity index (χ3v) is 4.02. The molecule has 0 rings (SSSR count). The second kappa shape index (κ2) is 17.2. The second-order valence-electron chi connectivity index (χ2n) is 5.95. The summed E-state index contributed by atoms with van der Waals surface area (Å²) in [5.41, 5.74) is 0. The van der Waals surface area contributed by atoms with Gasteiger partial charge in [-0.05, 0) is 27.1 Å². The molecule has 2 N–H and O–H groups in total. The Morgan fingerprint density at radius 1 is 0.818 bits per heavy atom. The quantitative estimate of drug-likeness (QED) is 0.395. The van der Waals surface area contributed by atoms with Crippen LogP contribution in [0.15, 0.2) is 0 Å². The predicted octanol–water partition coefficient (Wildman–Crippen LogP) is 3.87. The standard InChI is InChI=1S/C12H27NO3S.C4H11N/c1-2-3-4-5-6-7-8-9-10-11-12-13-17(14,15)16;1-4-5(2)3/h13H,2-12H2,1H3,(H,14,15,16);4H2,1-3H3. The molecule has 0 heterocycles. The zero-order valence-electron chi connectivity index (χ0n) is 15.1. The molecule has 0 radical (unpaired) electrons. The van der Waals surface area contributed by atoms with Gasteiger partial charge in [0.2, 0.25) is 0 Å². The lowest BCUT2D eigenvalue weighted by molar-refractivity contribution is 0.434. The fourth-order valence-electron chi connectivity index (χ4n) is 1.81. The number of rotatable bonds is 13. The van der Waals surface area contributed by atoms with E-state index in [1.54, 1.807) is 0 Å². The molecule has 22 heavy (non-hydrogen) atoms. The molecule has 6 heteroatoms. The van der Waals surface area contributed by atoms with Crippen LogP contribution >= 0.6 is 0 Å². The highest BCUT2D eigenvalue weighted by atomic mass is 32.2. The van der Waals surface area contributed by atoms with Crippen molar-refractivity contribution in [1.29, 1.82) is 0 Å². The van der Waals surface area contributed by atoms with Gasteiger partial charge in [0.1, 0.15) is 0 Å². The predicted molar refractivity (Wildman–Crippen MR) is 95.6 cm³/mol. The number of nitrogens with one attached hydrogen (secondary N) is 1. The lowest BCUT2D eigenvalue weighted by atomic mass is 10.1. The van der Waals surface area contributed by atoms with E-state index in [0.29, 0.717) is 6.54 Å². The maximum absolute atomic E-state index is 10.3. The van der Waals surface area contributed by atoms with Gasteiger partial charge in [-0.1, -0.05) is 71.6 Å². The van der Waals surface area contributed by atoms with E-state index >= 15 is 0 Å². The van der Waals surface area contributed by atoms with Crippen LogP contribution in [0.25, 0.3) is 0 Å². The normalized spacial score (nSPS) is 11.4. The Balaban J connectivity index is 0. The van der Waals surface area contributed by atoms with Crippen LogP contribution < -0.4 is 4.72 Å². The summed E-state index contributed by atoms with van der Waals surface area (Å²) in [6.07, 6.45) is 12.2. The van der Waals surface area contributed by atoms with Gasteiger partial charge < -0.3 is 4.90 Å². The summed E-state index contributed by atoms with van der Waals surface area (Å²) in [5, 5.41) is 0. The van der Waals surface area contributed by atoms with E-state index in [9.17, 15) is 8.42 Å². The molecule has 0 spiro atoms. The van der Waals surface area contributed by atoms with Crippen LogP contribution in [-0.2, 0) is 10.3 Å². The second-order valence-corrected chi connectivity index (χ2v) is 7.19. The Bertz CT molecular complexity index is 307. The summed E-state index contributed by atoms with van der Waals surface area (Å²) in [6.45, 7) is 5.83. The van der Waals surface area contributed by atoms with E-state index in [4.69, 9.17) is 4.55 Å². The summed E-state index contributed by atoms with van der Waals surface area (Å²) in [7, 11) is 0.127. The van der Waals surface area contributed by atoms with Gasteiger partial charge in [0.25, 0.3) is 0 Å². The molecular weight excluding hydrogens is 300 g/mol. The monoisotopic (exact) mass is 338 g/mol. The summed E-state index contributed by atoms with van der Waals surface area (Å²) in [4.78, 5) is 2.12. The highest BCUT2D eigenvalue weighted by molar-refractivity contribution is 7.83. The van der Waals surface area contributed by atoms with Crippen molar-refractivity contribution in [3.8, 4) is 0 Å². The summed E-state index contributed by atoms with van der Waals surface area (Å²) >= 11 is 0. The van der Waals surface area contributed by atoms with Crippen LogP contribution in [0.4, 0.5) is 0 Å². The molecule has 0 amide bonds. The van der Waals surface area contributed by atoms with E-state index in [1.165, 1.54) is 44.9 Å². The zero-order valence-corrected chi connectivity index (χ0v) is 15.9. The van der Waals surface area contributed by atoms with Crippen molar-refractivity contribution in [2.75, 3.05) is 27.2 Å². The molecule has 0 aliphatic rings. The maximum atomic E-state index is 10.3. The maximum Gasteiger partial charge on any atom is 0.333 e. The first-order valence-electron chi connectivity index (χ1n) is 8.70. The number of hydrogen-bond acceptors (Lipinski definition) is 3. The first-order valence-corrected chi connectivity index (χ1v) is 10.1. The zero-order chi connectivity index (χ0) is 17.3. The fourth-order valence-corrected chi connectivity index (χ4v) is 2.22. The average Bonchev–Trinajstić information content (AvgIpc) is 2.44. The highest BCUT2D eigenvalue weighted by Crippen LogP contribution is 2.10. The molecule has 0 bridgehead atoms. The lowest BCUT2D eigenvalue weighted by Crippen LogP contribution is -2.23. The summed E-state index contributed by atoms with van der Waals surface area (Å²) in [5.74, 6) is 0. The molecule has 0 aromatic carbocycles. The largest absolute Gasteiger partial charge is 0.333 e. The van der Waals surface area contributed by atoms with E-state index in [0.717, 1.165) is 25.8 Å². The fraction of sp³-hybridized carbons (Fsp3) is 1.00. The summed E-state index contributed by atoms with van der Waals surface area (Å²) in [6, 6.07) is 0. The Kier molecular flexibility index (Phi) is 18.8. The van der Waals surface area contributed by atoms with Gasteiger partial charge in [0.15, 0.2) is 0 Å². The first-order chi connectivity index (χ1) is 10.3. The molecule has 0 fully saturated rings. The molecule has 0 saturated heterocycles. The Morgan fingerprint density at radius 3 is 1.50 bits per heavy atom. The van der Waals surface area contributed by atoms with E-state index < -0.39 is 10.3 Å². The van der Waals surface area contributed by atoms with Gasteiger partial charge in [-0.25, -0.2) is 0 Å². The molecule has 0 aliphatic carbocycles. The highest BCUT2D eigenvalue weighted by Gasteiger charge is 2.00. The van der Waals surface area contributed by atoms with Crippen LogP contribution in [0.5, 0.6) is 0 Å². The number of unbranched alkanes of at least 4 members (excludes halogenated alkanes) is 9. The SMILES string of the molecule is CCCCCCCCCCCCNS(=O)(=O)O.CCN(C)C. The topological polar surface area (TPSA) is 69.6 Å². The molecular formula is C16H38N2O3S. The van der Waals surface area contributed by atoms with Gasteiger partial charge in [0, 0.05) is 6.54 Å². The Morgan fingerprint density at radius 2 is 1.18 bits per heavy atom. The van der Waals surface area contributed by atoms with Crippen molar-refractivity contribution in [3.05, 3.63) is 0 Å². The average molecular weight is 339 g/mol. The Hall–Kier alpha value is -0.170. The van der Waals surface area contributed by atoms with Crippen molar-refractivity contribution in [2.24, 2.45) is 0 Å². The van der Waals surface area contributed by atoms with Gasteiger partial charge in [-0.3, -0.25) is 4.55 Å². The molecule has 5 nitrogen and oxygen atoms in total. The van der Waals surface area contributed by atoms with Gasteiger partial charge in [0.05, 0.1) is 0 Å². The van der Waals surface area contributed by atoms with Crippen molar-refractivity contribution < 1.29 is 13.0 Å². The Labute approximate surface area is 138 Å². The van der Waals surface area contributed by atoms with E-state index in [2.05, 4.69) is 37.6 Å². The molecule has 0 aromatic heterocycles. The van der Waals surface area contributed by atoms with E-state index in [1.807, 2.05) is 0 Å². The minimum atomic E-state index is -3.98. The van der Waals surface area contributed by atoms with E-state index in [-0.39, 0.29) is 0 Å². The number of nitrogens with zero attached hydrogens (tertiary/aromatic N) is 1. The van der Waals surface area contributed by atoms with Crippen LogP contribution in [0, 0.1) is 0 Å². The third kappa shape index (κ3) is 28.1. The minimum Gasteiger partial charge on any atom is -0.310 e. The van der Waals surface area contributed by atoms with Crippen LogP contribution in [0.2, 0.25) is 0 Å². The van der Waals surface area contributed by atoms with Gasteiger partial charge >= 0.3 is 10.3 Å². The third-order valence-electron chi connectivity index (χ3n) is 3.45. The lowest BCUT2D eigenvalue weighted by Gasteiger charge is -2.02. The van der Waals surface area contributed by atoms with Crippen molar-refractivity contribution in [2.45, 2.75) is 78.1 Å². The van der Waals surface area contributed by atoms with Gasteiger partial charge in [-0.2, -0.15) is 13.1 Å². The van der Waals surface area contributed by atoms with Gasteiger partial charge in [-0.15, -0.1) is 0 Å². The van der Waals surface area contributed by atoms with Crippen molar-refractivity contribution in [3.63, 3.8) is 0 Å². The number of hydrogen-bond donors (Lipinski definition) is 2. The van der Waals surface area contributed by atoms with Crippen LogP contribution in [-0.4, -0.2) is 45.1 Å². The molecule has 0 aromatic rings. The molecule has 136 valence electrons. The van der Waals surface area contributed by atoms with Crippen molar-refractivity contribution >= 4 is 10.3 Å². The molecule has 0 unspecified atom stereocenters. The van der Waals surface area contributed by atoms with Crippen LogP contribution in [0.3, 0.4) is 0 Å². The van der Waals surface area contributed by atoms with Crippen LogP contribution in [0.1, 0.15) is 78.1 Å². The molecule has 0 atom stereocenters. The molecule has 0 saturated carbocycles. The minimum absolute atomic E-state index is 0.343. The first kappa shape index (κ1) is 24.1. The smallest absolute Gasteiger partial charge is 0.310 e. The van der Waals surface area contributed by atoms with Crippen molar-refractivity contribution in [1.82, 2.24) is 9.62 Å². The molecule has 0 aliphatic heterocycles.